The van der Waals surface area contributed by atoms with Crippen molar-refractivity contribution in [2.75, 3.05) is 25.0 Å². The number of likely N-dealkylation sites (N-methyl/N-ethyl adjacent to an activating group) is 1. The van der Waals surface area contributed by atoms with Gasteiger partial charge in [-0.2, -0.15) is 0 Å². The van der Waals surface area contributed by atoms with E-state index in [2.05, 4.69) is 45.0 Å². The molecule has 4 rings (SSSR count). The molecule has 0 aliphatic carbocycles. The number of aromatic nitrogens is 3. The normalized spacial score (nSPS) is 18.2. The summed E-state index contributed by atoms with van der Waals surface area (Å²) in [4.78, 5) is 18.2. The molecular formula is C17H19N5S. The highest BCUT2D eigenvalue weighted by molar-refractivity contribution is 7.22. The standard InChI is InChI=1S/C17H19N5S/c1-21(12-16-18-8-4-9-19-16)13-7-10-22(11-13)17-20-14-5-2-3-6-15(14)23-17/h2-6,8-9,13H,7,10-12H2,1H3. The number of rotatable bonds is 4. The van der Waals surface area contributed by atoms with Gasteiger partial charge < -0.3 is 4.90 Å². The molecule has 0 N–H and O–H groups in total. The van der Waals surface area contributed by atoms with Crippen molar-refractivity contribution in [3.8, 4) is 0 Å². The van der Waals surface area contributed by atoms with Crippen molar-refractivity contribution < 1.29 is 0 Å². The lowest BCUT2D eigenvalue weighted by atomic mass is 10.2. The Balaban J connectivity index is 1.44. The Morgan fingerprint density at radius 3 is 2.87 bits per heavy atom. The molecule has 1 unspecified atom stereocenters. The zero-order valence-electron chi connectivity index (χ0n) is 13.1. The van der Waals surface area contributed by atoms with Crippen LogP contribution in [0.4, 0.5) is 5.13 Å². The van der Waals surface area contributed by atoms with Crippen molar-refractivity contribution in [1.82, 2.24) is 19.9 Å². The third kappa shape index (κ3) is 3.04. The fraction of sp³-hybridized carbons (Fsp3) is 0.353. The first kappa shape index (κ1) is 14.5. The molecule has 1 saturated heterocycles. The second-order valence-corrected chi connectivity index (χ2v) is 6.94. The van der Waals surface area contributed by atoms with Crippen molar-refractivity contribution in [2.45, 2.75) is 19.0 Å². The second kappa shape index (κ2) is 6.22. The maximum absolute atomic E-state index is 4.77. The van der Waals surface area contributed by atoms with Gasteiger partial charge in [0.05, 0.1) is 16.8 Å². The first-order valence-corrected chi connectivity index (χ1v) is 8.68. The van der Waals surface area contributed by atoms with Crippen molar-refractivity contribution in [1.29, 1.82) is 0 Å². The molecule has 118 valence electrons. The Labute approximate surface area is 139 Å². The van der Waals surface area contributed by atoms with Crippen LogP contribution in [-0.4, -0.2) is 46.0 Å². The summed E-state index contributed by atoms with van der Waals surface area (Å²) >= 11 is 1.78. The molecule has 2 aromatic heterocycles. The average molecular weight is 325 g/mol. The molecule has 0 spiro atoms. The minimum atomic E-state index is 0.519. The van der Waals surface area contributed by atoms with Crippen LogP contribution in [0, 0.1) is 0 Å². The van der Waals surface area contributed by atoms with Crippen molar-refractivity contribution in [2.24, 2.45) is 0 Å². The molecule has 23 heavy (non-hydrogen) atoms. The van der Waals surface area contributed by atoms with Crippen LogP contribution < -0.4 is 4.90 Å². The Morgan fingerprint density at radius 2 is 2.04 bits per heavy atom. The summed E-state index contributed by atoms with van der Waals surface area (Å²) in [6.07, 6.45) is 4.76. The summed E-state index contributed by atoms with van der Waals surface area (Å²) in [7, 11) is 2.16. The van der Waals surface area contributed by atoms with Gasteiger partial charge >= 0.3 is 0 Å². The zero-order chi connectivity index (χ0) is 15.6. The maximum atomic E-state index is 4.77. The van der Waals surface area contributed by atoms with E-state index in [1.54, 1.807) is 23.7 Å². The minimum Gasteiger partial charge on any atom is -0.346 e. The lowest BCUT2D eigenvalue weighted by molar-refractivity contribution is 0.244. The Morgan fingerprint density at radius 1 is 1.22 bits per heavy atom. The van der Waals surface area contributed by atoms with Gasteiger partial charge in [-0.1, -0.05) is 23.5 Å². The number of hydrogen-bond acceptors (Lipinski definition) is 6. The van der Waals surface area contributed by atoms with Crippen LogP contribution in [0.5, 0.6) is 0 Å². The molecule has 0 bridgehead atoms. The van der Waals surface area contributed by atoms with Crippen LogP contribution in [0.3, 0.4) is 0 Å². The summed E-state index contributed by atoms with van der Waals surface area (Å²) in [5, 5.41) is 1.14. The molecular weight excluding hydrogens is 306 g/mol. The molecule has 0 amide bonds. The first-order chi connectivity index (χ1) is 11.3. The van der Waals surface area contributed by atoms with Crippen molar-refractivity contribution in [3.05, 3.63) is 48.5 Å². The van der Waals surface area contributed by atoms with Crippen LogP contribution in [0.25, 0.3) is 10.2 Å². The summed E-state index contributed by atoms with van der Waals surface area (Å²) in [5.74, 6) is 0.883. The van der Waals surface area contributed by atoms with Crippen LogP contribution in [0.15, 0.2) is 42.7 Å². The summed E-state index contributed by atoms with van der Waals surface area (Å²) < 4.78 is 1.26. The van der Waals surface area contributed by atoms with E-state index in [0.717, 1.165) is 42.5 Å². The smallest absolute Gasteiger partial charge is 0.186 e. The van der Waals surface area contributed by atoms with Gasteiger partial charge in [0.15, 0.2) is 5.13 Å². The lowest BCUT2D eigenvalue weighted by Gasteiger charge is -2.23. The van der Waals surface area contributed by atoms with Crippen LogP contribution in [0.2, 0.25) is 0 Å². The van der Waals surface area contributed by atoms with Gasteiger partial charge in [0.1, 0.15) is 5.82 Å². The molecule has 6 heteroatoms. The minimum absolute atomic E-state index is 0.519. The summed E-state index contributed by atoms with van der Waals surface area (Å²) in [6.45, 7) is 2.87. The Hall–Kier alpha value is -2.05. The summed E-state index contributed by atoms with van der Waals surface area (Å²) in [5.41, 5.74) is 1.10. The number of para-hydroxylation sites is 1. The van der Waals surface area contributed by atoms with Crippen molar-refractivity contribution in [3.63, 3.8) is 0 Å². The number of thiazole rings is 1. The van der Waals surface area contributed by atoms with Crippen LogP contribution in [-0.2, 0) is 6.54 Å². The number of fused-ring (bicyclic) bond motifs is 1. The molecule has 1 aromatic carbocycles. The third-order valence-corrected chi connectivity index (χ3v) is 5.45. The average Bonchev–Trinajstić information content (AvgIpc) is 3.22. The van der Waals surface area contributed by atoms with E-state index < -0.39 is 0 Å². The van der Waals surface area contributed by atoms with Gasteiger partial charge in [0, 0.05) is 31.5 Å². The molecule has 0 radical (unpaired) electrons. The third-order valence-electron chi connectivity index (χ3n) is 4.35. The highest BCUT2D eigenvalue weighted by Gasteiger charge is 2.27. The number of anilines is 1. The van der Waals surface area contributed by atoms with E-state index in [1.165, 1.54) is 4.70 Å². The highest BCUT2D eigenvalue weighted by atomic mass is 32.1. The first-order valence-electron chi connectivity index (χ1n) is 7.86. The van der Waals surface area contributed by atoms with E-state index in [9.17, 15) is 0 Å². The fourth-order valence-electron chi connectivity index (χ4n) is 3.03. The van der Waals surface area contributed by atoms with Gasteiger partial charge in [-0.25, -0.2) is 15.0 Å². The van der Waals surface area contributed by atoms with E-state index in [1.807, 2.05) is 12.1 Å². The quantitative estimate of drug-likeness (QED) is 0.738. The zero-order valence-corrected chi connectivity index (χ0v) is 13.9. The molecule has 1 aliphatic rings. The molecule has 0 saturated carbocycles. The predicted molar refractivity (Wildman–Crippen MR) is 93.7 cm³/mol. The number of hydrogen-bond donors (Lipinski definition) is 0. The predicted octanol–water partition coefficient (Wildman–Crippen LogP) is 2.80. The lowest BCUT2D eigenvalue weighted by Crippen LogP contribution is -2.34. The van der Waals surface area contributed by atoms with Crippen LogP contribution in [0.1, 0.15) is 12.2 Å². The van der Waals surface area contributed by atoms with E-state index in [0.29, 0.717) is 6.04 Å². The van der Waals surface area contributed by atoms with Gasteiger partial charge in [0.25, 0.3) is 0 Å². The highest BCUT2D eigenvalue weighted by Crippen LogP contribution is 2.31. The monoisotopic (exact) mass is 325 g/mol. The maximum Gasteiger partial charge on any atom is 0.186 e. The number of nitrogens with zero attached hydrogens (tertiary/aromatic N) is 5. The van der Waals surface area contributed by atoms with E-state index >= 15 is 0 Å². The molecule has 3 heterocycles. The van der Waals surface area contributed by atoms with Gasteiger partial charge in [-0.05, 0) is 31.7 Å². The van der Waals surface area contributed by atoms with E-state index in [4.69, 9.17) is 4.98 Å². The topological polar surface area (TPSA) is 45.2 Å². The van der Waals surface area contributed by atoms with Gasteiger partial charge in [0.2, 0.25) is 0 Å². The van der Waals surface area contributed by atoms with Gasteiger partial charge in [-0.15, -0.1) is 0 Å². The molecule has 1 aliphatic heterocycles. The van der Waals surface area contributed by atoms with Gasteiger partial charge in [-0.3, -0.25) is 4.90 Å². The molecule has 1 fully saturated rings. The largest absolute Gasteiger partial charge is 0.346 e. The second-order valence-electron chi connectivity index (χ2n) is 5.93. The SMILES string of the molecule is CN(Cc1ncccn1)C1CCN(c2nc3ccccc3s2)C1. The molecule has 1 atom stereocenters. The summed E-state index contributed by atoms with van der Waals surface area (Å²) in [6, 6.07) is 10.7. The van der Waals surface area contributed by atoms with Crippen molar-refractivity contribution >= 4 is 26.7 Å². The fourth-order valence-corrected chi connectivity index (χ4v) is 4.03. The van der Waals surface area contributed by atoms with Crippen LogP contribution >= 0.6 is 11.3 Å². The molecule has 5 nitrogen and oxygen atoms in total. The number of benzene rings is 1. The van der Waals surface area contributed by atoms with E-state index in [-0.39, 0.29) is 0 Å². The molecule has 3 aromatic rings. The Bertz CT molecular complexity index is 755. The Kier molecular flexibility index (Phi) is 3.93.